The Labute approximate surface area is 131 Å². The number of ether oxygens (including phenoxy) is 1. The average molecular weight is 359 g/mol. The van der Waals surface area contributed by atoms with E-state index in [-0.39, 0.29) is 12.0 Å². The summed E-state index contributed by atoms with van der Waals surface area (Å²) < 4.78 is 7.88. The number of hydrogen-bond donors (Lipinski definition) is 1. The van der Waals surface area contributed by atoms with E-state index in [1.165, 1.54) is 12.0 Å². The van der Waals surface area contributed by atoms with E-state index in [0.29, 0.717) is 25.2 Å². The number of rotatable bonds is 5. The molecule has 1 aromatic rings. The Bertz CT molecular complexity index is 543. The lowest BCUT2D eigenvalue weighted by Gasteiger charge is -2.22. The normalized spacial score (nSPS) is 21.8. The van der Waals surface area contributed by atoms with E-state index in [1.807, 2.05) is 17.7 Å². The molecule has 1 N–H and O–H groups in total. The van der Waals surface area contributed by atoms with Crippen LogP contribution in [-0.4, -0.2) is 52.3 Å². The molecule has 0 spiro atoms. The zero-order valence-electron chi connectivity index (χ0n) is 12.1. The van der Waals surface area contributed by atoms with Crippen molar-refractivity contribution in [2.24, 2.45) is 0 Å². The number of carboxylic acids is 1. The minimum atomic E-state index is -0.990. The molecule has 1 saturated heterocycles. The lowest BCUT2D eigenvalue weighted by Crippen LogP contribution is -2.41. The predicted octanol–water partition coefficient (Wildman–Crippen LogP) is 1.97. The molecule has 2 rings (SSSR count). The van der Waals surface area contributed by atoms with E-state index in [4.69, 9.17) is 4.74 Å². The molecule has 7 heteroatoms. The van der Waals surface area contributed by atoms with Gasteiger partial charge in [0.1, 0.15) is 11.7 Å². The third-order valence-electron chi connectivity index (χ3n) is 3.69. The van der Waals surface area contributed by atoms with Crippen molar-refractivity contribution >= 4 is 27.8 Å². The Morgan fingerprint density at radius 1 is 1.52 bits per heavy atom. The zero-order chi connectivity index (χ0) is 15.6. The molecule has 1 aromatic heterocycles. The molecular weight excluding hydrogens is 340 g/mol. The molecule has 6 nitrogen and oxygen atoms in total. The number of halogens is 1. The third kappa shape index (κ3) is 3.29. The van der Waals surface area contributed by atoms with Crippen LogP contribution in [0.15, 0.2) is 16.7 Å². The summed E-state index contributed by atoms with van der Waals surface area (Å²) in [6, 6.07) is 0.906. The monoisotopic (exact) mass is 358 g/mol. The summed E-state index contributed by atoms with van der Waals surface area (Å²) in [6.45, 7) is 3.05. The highest BCUT2D eigenvalue weighted by molar-refractivity contribution is 9.10. The largest absolute Gasteiger partial charge is 0.480 e. The number of carbonyl (C=O) groups is 2. The minimum absolute atomic E-state index is 0.229. The second-order valence-electron chi connectivity index (χ2n) is 5.14. The van der Waals surface area contributed by atoms with Crippen LogP contribution in [-0.2, 0) is 16.1 Å². The van der Waals surface area contributed by atoms with Gasteiger partial charge in [-0.25, -0.2) is 4.79 Å². The maximum atomic E-state index is 12.7. The number of carboxylic acid groups (broad SMARTS) is 1. The van der Waals surface area contributed by atoms with Crippen LogP contribution in [0.3, 0.4) is 0 Å². The zero-order valence-corrected chi connectivity index (χ0v) is 13.7. The minimum Gasteiger partial charge on any atom is -0.480 e. The van der Waals surface area contributed by atoms with Crippen molar-refractivity contribution < 1.29 is 19.4 Å². The van der Waals surface area contributed by atoms with E-state index in [9.17, 15) is 14.7 Å². The number of aryl methyl sites for hydroxylation is 1. The summed E-state index contributed by atoms with van der Waals surface area (Å²) in [5.74, 6) is -1.25. The smallest absolute Gasteiger partial charge is 0.326 e. The van der Waals surface area contributed by atoms with Gasteiger partial charge >= 0.3 is 5.97 Å². The molecule has 0 aliphatic carbocycles. The molecule has 1 aliphatic heterocycles. The van der Waals surface area contributed by atoms with Crippen LogP contribution in [0.5, 0.6) is 0 Å². The van der Waals surface area contributed by atoms with Gasteiger partial charge in [0, 0.05) is 37.3 Å². The molecule has 1 amide bonds. The molecule has 2 atom stereocenters. The Kier molecular flexibility index (Phi) is 5.05. The van der Waals surface area contributed by atoms with Gasteiger partial charge < -0.3 is 19.3 Å². The quantitative estimate of drug-likeness (QED) is 0.873. The molecule has 2 unspecified atom stereocenters. The van der Waals surface area contributed by atoms with Crippen LogP contribution in [0.25, 0.3) is 0 Å². The summed E-state index contributed by atoms with van der Waals surface area (Å²) in [4.78, 5) is 25.5. The number of hydrogen-bond acceptors (Lipinski definition) is 3. The summed E-state index contributed by atoms with van der Waals surface area (Å²) in [6.07, 6.45) is 2.83. The lowest BCUT2D eigenvalue weighted by atomic mass is 10.2. The van der Waals surface area contributed by atoms with Crippen molar-refractivity contribution in [3.8, 4) is 0 Å². The van der Waals surface area contributed by atoms with Crippen molar-refractivity contribution in [2.75, 3.05) is 13.7 Å². The van der Waals surface area contributed by atoms with Crippen LogP contribution in [0.4, 0.5) is 0 Å². The number of likely N-dealkylation sites (tertiary alicyclic amines) is 1. The lowest BCUT2D eigenvalue weighted by molar-refractivity contribution is -0.141. The number of carbonyl (C=O) groups excluding carboxylic acids is 1. The van der Waals surface area contributed by atoms with Crippen molar-refractivity contribution in [3.05, 3.63) is 22.4 Å². The molecule has 1 aliphatic rings. The topological polar surface area (TPSA) is 71.8 Å². The molecule has 0 aromatic carbocycles. The van der Waals surface area contributed by atoms with Crippen LogP contribution in [0.1, 0.15) is 30.3 Å². The number of methoxy groups -OCH3 is 1. The fourth-order valence-electron chi connectivity index (χ4n) is 2.65. The van der Waals surface area contributed by atoms with Gasteiger partial charge in [-0.15, -0.1) is 0 Å². The maximum absolute atomic E-state index is 12.7. The van der Waals surface area contributed by atoms with E-state index >= 15 is 0 Å². The number of aromatic nitrogens is 1. The van der Waals surface area contributed by atoms with E-state index in [2.05, 4.69) is 15.9 Å². The first-order chi connectivity index (χ1) is 9.97. The first-order valence-corrected chi connectivity index (χ1v) is 7.69. The van der Waals surface area contributed by atoms with Gasteiger partial charge in [0.2, 0.25) is 0 Å². The molecule has 1 fully saturated rings. The fourth-order valence-corrected chi connectivity index (χ4v) is 3.12. The standard InChI is InChI=1S/C14H19BrN2O4/c1-3-4-16-7-9(15)5-11(16)13(18)17-8-10(21-2)6-12(17)14(19)20/h5,7,10,12H,3-4,6,8H2,1-2H3,(H,19,20). The molecule has 0 radical (unpaired) electrons. The predicted molar refractivity (Wildman–Crippen MR) is 80.3 cm³/mol. The molecule has 0 saturated carbocycles. The Hall–Kier alpha value is -1.34. The maximum Gasteiger partial charge on any atom is 0.326 e. The van der Waals surface area contributed by atoms with E-state index in [0.717, 1.165) is 10.9 Å². The summed E-state index contributed by atoms with van der Waals surface area (Å²) in [5.41, 5.74) is 0.506. The second-order valence-corrected chi connectivity index (χ2v) is 6.06. The van der Waals surface area contributed by atoms with Gasteiger partial charge in [-0.1, -0.05) is 6.92 Å². The first kappa shape index (κ1) is 16.0. The van der Waals surface area contributed by atoms with Crippen LogP contribution in [0.2, 0.25) is 0 Å². The highest BCUT2D eigenvalue weighted by Crippen LogP contribution is 2.25. The van der Waals surface area contributed by atoms with Crippen molar-refractivity contribution in [2.45, 2.75) is 38.5 Å². The van der Waals surface area contributed by atoms with E-state index in [1.54, 1.807) is 6.07 Å². The second kappa shape index (κ2) is 6.62. The molecular formula is C14H19BrN2O4. The van der Waals surface area contributed by atoms with Crippen molar-refractivity contribution in [1.29, 1.82) is 0 Å². The number of nitrogens with zero attached hydrogens (tertiary/aromatic N) is 2. The van der Waals surface area contributed by atoms with Crippen LogP contribution in [0, 0.1) is 0 Å². The van der Waals surface area contributed by atoms with E-state index < -0.39 is 12.0 Å². The Balaban J connectivity index is 2.27. The Morgan fingerprint density at radius 2 is 2.24 bits per heavy atom. The summed E-state index contributed by atoms with van der Waals surface area (Å²) >= 11 is 3.37. The van der Waals surface area contributed by atoms with Crippen LogP contribution >= 0.6 is 15.9 Å². The number of amides is 1. The van der Waals surface area contributed by atoms with Gasteiger partial charge in [-0.2, -0.15) is 0 Å². The fraction of sp³-hybridized carbons (Fsp3) is 0.571. The average Bonchev–Trinajstić information content (AvgIpc) is 3.02. The Morgan fingerprint density at radius 3 is 2.81 bits per heavy atom. The van der Waals surface area contributed by atoms with Gasteiger partial charge in [-0.3, -0.25) is 4.79 Å². The highest BCUT2D eigenvalue weighted by atomic mass is 79.9. The number of aliphatic carboxylic acids is 1. The van der Waals surface area contributed by atoms with Gasteiger partial charge in [0.25, 0.3) is 5.91 Å². The molecule has 21 heavy (non-hydrogen) atoms. The van der Waals surface area contributed by atoms with Gasteiger partial charge in [0.15, 0.2) is 0 Å². The molecule has 0 bridgehead atoms. The van der Waals surface area contributed by atoms with Gasteiger partial charge in [0.05, 0.1) is 6.10 Å². The molecule has 2 heterocycles. The summed E-state index contributed by atoms with van der Waals surface area (Å²) in [7, 11) is 1.54. The van der Waals surface area contributed by atoms with Gasteiger partial charge in [-0.05, 0) is 28.4 Å². The van der Waals surface area contributed by atoms with Crippen LogP contribution < -0.4 is 0 Å². The molecule has 116 valence electrons. The highest BCUT2D eigenvalue weighted by Gasteiger charge is 2.40. The first-order valence-electron chi connectivity index (χ1n) is 6.90. The third-order valence-corrected chi connectivity index (χ3v) is 4.12. The van der Waals surface area contributed by atoms with Crippen molar-refractivity contribution in [1.82, 2.24) is 9.47 Å². The summed E-state index contributed by atoms with van der Waals surface area (Å²) in [5, 5.41) is 9.31. The SMILES string of the molecule is CCCn1cc(Br)cc1C(=O)N1CC(OC)CC1C(=O)O. The van der Waals surface area contributed by atoms with Crippen molar-refractivity contribution in [3.63, 3.8) is 0 Å².